The average molecular weight is 226 g/mol. The van der Waals surface area contributed by atoms with E-state index in [1.54, 1.807) is 24.9 Å². The van der Waals surface area contributed by atoms with E-state index in [0.29, 0.717) is 0 Å². The molecule has 90 valence electrons. The Kier molecular flexibility index (Phi) is 4.89. The lowest BCUT2D eigenvalue weighted by Crippen LogP contribution is -2.38. The zero-order valence-corrected chi connectivity index (χ0v) is 12.5. The van der Waals surface area contributed by atoms with E-state index in [1.165, 1.54) is 12.8 Å². The topological polar surface area (TPSA) is 0 Å². The van der Waals surface area contributed by atoms with Gasteiger partial charge >= 0.3 is 0 Å². The molecule has 0 N–H and O–H groups in total. The Hall–Kier alpha value is 0.217. The SMILES string of the molecule is CC(C)C[Si](C)(CC(C)C)C1CCCC1. The fourth-order valence-corrected chi connectivity index (χ4v) is 10.3. The fourth-order valence-electron chi connectivity index (χ4n) is 3.90. The predicted octanol–water partition coefficient (Wildman–Crippen LogP) is 5.32. The van der Waals surface area contributed by atoms with Crippen molar-refractivity contribution in [1.29, 1.82) is 0 Å². The Morgan fingerprint density at radius 1 is 0.933 bits per heavy atom. The molecule has 0 amide bonds. The van der Waals surface area contributed by atoms with E-state index in [0.717, 1.165) is 17.4 Å². The van der Waals surface area contributed by atoms with Gasteiger partial charge in [0, 0.05) is 0 Å². The lowest BCUT2D eigenvalue weighted by molar-refractivity contribution is 0.651. The summed E-state index contributed by atoms with van der Waals surface area (Å²) in [5, 5.41) is 0. The first-order valence-corrected chi connectivity index (χ1v) is 9.93. The molecular formula is C14H30Si. The van der Waals surface area contributed by atoms with Crippen LogP contribution in [0.15, 0.2) is 0 Å². The van der Waals surface area contributed by atoms with E-state index in [1.807, 2.05) is 0 Å². The van der Waals surface area contributed by atoms with Gasteiger partial charge in [0.1, 0.15) is 0 Å². The Labute approximate surface area is 97.9 Å². The van der Waals surface area contributed by atoms with E-state index >= 15 is 0 Å². The smallest absolute Gasteiger partial charge is 0.0540 e. The van der Waals surface area contributed by atoms with Gasteiger partial charge < -0.3 is 0 Å². The molecular weight excluding hydrogens is 196 g/mol. The van der Waals surface area contributed by atoms with Gasteiger partial charge in [0.25, 0.3) is 0 Å². The van der Waals surface area contributed by atoms with Crippen molar-refractivity contribution >= 4 is 8.07 Å². The first kappa shape index (κ1) is 13.3. The van der Waals surface area contributed by atoms with Crippen molar-refractivity contribution in [2.75, 3.05) is 0 Å². The Balaban J connectivity index is 2.65. The monoisotopic (exact) mass is 226 g/mol. The molecule has 1 fully saturated rings. The van der Waals surface area contributed by atoms with Crippen LogP contribution in [0.1, 0.15) is 53.4 Å². The Morgan fingerprint density at radius 2 is 1.33 bits per heavy atom. The Morgan fingerprint density at radius 3 is 1.67 bits per heavy atom. The number of hydrogen-bond acceptors (Lipinski definition) is 0. The molecule has 1 aliphatic rings. The minimum Gasteiger partial charge on any atom is -0.0689 e. The summed E-state index contributed by atoms with van der Waals surface area (Å²) in [6.07, 6.45) is 6.15. The molecule has 0 unspecified atom stereocenters. The van der Waals surface area contributed by atoms with Crippen LogP contribution in [0.4, 0.5) is 0 Å². The molecule has 0 aromatic heterocycles. The maximum Gasteiger partial charge on any atom is 0.0540 e. The third kappa shape index (κ3) is 3.94. The summed E-state index contributed by atoms with van der Waals surface area (Å²) >= 11 is 0. The number of rotatable bonds is 5. The highest BCUT2D eigenvalue weighted by molar-refractivity contribution is 6.80. The highest BCUT2D eigenvalue weighted by Gasteiger charge is 2.38. The van der Waals surface area contributed by atoms with Gasteiger partial charge in [0.15, 0.2) is 0 Å². The third-order valence-corrected chi connectivity index (χ3v) is 10.1. The summed E-state index contributed by atoms with van der Waals surface area (Å²) in [6.45, 7) is 12.4. The Bertz CT molecular complexity index is 168. The first-order chi connectivity index (χ1) is 6.94. The molecule has 0 aromatic rings. The van der Waals surface area contributed by atoms with Crippen LogP contribution >= 0.6 is 0 Å². The predicted molar refractivity (Wildman–Crippen MR) is 73.1 cm³/mol. The zero-order chi connectivity index (χ0) is 11.5. The van der Waals surface area contributed by atoms with Crippen molar-refractivity contribution in [3.8, 4) is 0 Å². The second-order valence-electron chi connectivity index (χ2n) is 6.83. The van der Waals surface area contributed by atoms with Gasteiger partial charge in [-0.15, -0.1) is 0 Å². The average Bonchev–Trinajstić information content (AvgIpc) is 2.51. The summed E-state index contributed by atoms with van der Waals surface area (Å²) in [5.41, 5.74) is 1.15. The van der Waals surface area contributed by atoms with Crippen LogP contribution in [0.25, 0.3) is 0 Å². The molecule has 0 saturated heterocycles. The van der Waals surface area contributed by atoms with Crippen LogP contribution < -0.4 is 0 Å². The lowest BCUT2D eigenvalue weighted by atomic mass is 10.3. The molecule has 1 saturated carbocycles. The minimum atomic E-state index is -0.943. The van der Waals surface area contributed by atoms with E-state index in [2.05, 4.69) is 34.2 Å². The van der Waals surface area contributed by atoms with Gasteiger partial charge in [-0.2, -0.15) is 0 Å². The van der Waals surface area contributed by atoms with Crippen LogP contribution in [0, 0.1) is 11.8 Å². The largest absolute Gasteiger partial charge is 0.0689 e. The van der Waals surface area contributed by atoms with Crippen LogP contribution in [0.3, 0.4) is 0 Å². The van der Waals surface area contributed by atoms with Crippen molar-refractivity contribution in [3.05, 3.63) is 0 Å². The molecule has 0 atom stereocenters. The second kappa shape index (κ2) is 5.52. The van der Waals surface area contributed by atoms with Crippen molar-refractivity contribution < 1.29 is 0 Å². The molecule has 0 aliphatic heterocycles. The zero-order valence-electron chi connectivity index (χ0n) is 11.5. The maximum absolute atomic E-state index is 2.70. The van der Waals surface area contributed by atoms with Crippen LogP contribution in [0.5, 0.6) is 0 Å². The number of hydrogen-bond donors (Lipinski definition) is 0. The van der Waals surface area contributed by atoms with Gasteiger partial charge in [0.2, 0.25) is 0 Å². The highest BCUT2D eigenvalue weighted by atomic mass is 28.3. The van der Waals surface area contributed by atoms with Crippen LogP contribution in [-0.4, -0.2) is 8.07 Å². The van der Waals surface area contributed by atoms with E-state index in [-0.39, 0.29) is 0 Å². The summed E-state index contributed by atoms with van der Waals surface area (Å²) in [6, 6.07) is 3.13. The fraction of sp³-hybridized carbons (Fsp3) is 1.00. The van der Waals surface area contributed by atoms with Crippen molar-refractivity contribution in [1.82, 2.24) is 0 Å². The van der Waals surface area contributed by atoms with Crippen molar-refractivity contribution in [2.24, 2.45) is 11.8 Å². The maximum atomic E-state index is 2.70. The van der Waals surface area contributed by atoms with Gasteiger partial charge in [-0.3, -0.25) is 0 Å². The van der Waals surface area contributed by atoms with Crippen molar-refractivity contribution in [3.63, 3.8) is 0 Å². The van der Waals surface area contributed by atoms with Crippen LogP contribution in [0.2, 0.25) is 24.2 Å². The van der Waals surface area contributed by atoms with Gasteiger partial charge in [-0.25, -0.2) is 0 Å². The van der Waals surface area contributed by atoms with Crippen molar-refractivity contribution in [2.45, 2.75) is 77.6 Å². The molecule has 1 rings (SSSR count). The summed E-state index contributed by atoms with van der Waals surface area (Å²) < 4.78 is 0. The summed E-state index contributed by atoms with van der Waals surface area (Å²) in [5.74, 6) is 1.84. The van der Waals surface area contributed by atoms with E-state index < -0.39 is 8.07 Å². The van der Waals surface area contributed by atoms with E-state index in [4.69, 9.17) is 0 Å². The first-order valence-electron chi connectivity index (χ1n) is 6.94. The summed E-state index contributed by atoms with van der Waals surface area (Å²) in [7, 11) is -0.943. The molecule has 0 heterocycles. The normalized spacial score (nSPS) is 19.4. The second-order valence-corrected chi connectivity index (χ2v) is 11.8. The molecule has 1 heteroatoms. The summed E-state index contributed by atoms with van der Waals surface area (Å²) in [4.78, 5) is 0. The molecule has 0 aromatic carbocycles. The van der Waals surface area contributed by atoms with Gasteiger partial charge in [-0.05, 0) is 17.4 Å². The molecule has 0 radical (unpaired) electrons. The lowest BCUT2D eigenvalue weighted by Gasteiger charge is -2.37. The van der Waals surface area contributed by atoms with Gasteiger partial charge in [0.05, 0.1) is 8.07 Å². The quantitative estimate of drug-likeness (QED) is 0.556. The molecule has 0 bridgehead atoms. The molecule has 0 spiro atoms. The molecule has 0 nitrogen and oxygen atoms in total. The van der Waals surface area contributed by atoms with E-state index in [9.17, 15) is 0 Å². The molecule has 15 heavy (non-hydrogen) atoms. The minimum absolute atomic E-state index is 0.918. The van der Waals surface area contributed by atoms with Crippen LogP contribution in [-0.2, 0) is 0 Å². The highest BCUT2D eigenvalue weighted by Crippen LogP contribution is 2.45. The third-order valence-electron chi connectivity index (χ3n) is 4.09. The standard InChI is InChI=1S/C14H30Si/c1-12(2)10-15(5,11-13(3)4)14-8-6-7-9-14/h12-14H,6-11H2,1-5H3. The molecule has 1 aliphatic carbocycles. The van der Waals surface area contributed by atoms with Gasteiger partial charge in [-0.1, -0.05) is 72.0 Å².